The lowest BCUT2D eigenvalue weighted by molar-refractivity contribution is 0.102. The molecule has 2 heterocycles. The summed E-state index contributed by atoms with van der Waals surface area (Å²) < 4.78 is 10.5. The van der Waals surface area contributed by atoms with E-state index in [1.54, 1.807) is 25.1 Å². The molecule has 0 aliphatic rings. The van der Waals surface area contributed by atoms with Gasteiger partial charge in [-0.2, -0.15) is 5.10 Å². The van der Waals surface area contributed by atoms with Gasteiger partial charge in [-0.1, -0.05) is 6.07 Å². The molecule has 0 fully saturated rings. The number of carbonyl (C=O) groups excluding carboxylic acids is 1. The maximum absolute atomic E-state index is 12.8. The molecule has 1 atom stereocenters. The van der Waals surface area contributed by atoms with Crippen LogP contribution in [0.2, 0.25) is 0 Å². The van der Waals surface area contributed by atoms with Crippen molar-refractivity contribution in [3.63, 3.8) is 0 Å². The molecular formula is C24H24N4O4. The van der Waals surface area contributed by atoms with Crippen molar-refractivity contribution in [2.45, 2.75) is 20.0 Å². The van der Waals surface area contributed by atoms with Gasteiger partial charge in [0.2, 0.25) is 0 Å². The summed E-state index contributed by atoms with van der Waals surface area (Å²) in [7, 11) is 3.08. The molecule has 0 radical (unpaired) electrons. The summed E-state index contributed by atoms with van der Waals surface area (Å²) in [6, 6.07) is 14.4. The smallest absolute Gasteiger partial charge is 0.255 e. The number of rotatable bonds is 6. The number of nitrogens with one attached hydrogen (secondary N) is 2. The van der Waals surface area contributed by atoms with Crippen molar-refractivity contribution in [2.75, 3.05) is 19.5 Å². The van der Waals surface area contributed by atoms with E-state index in [0.717, 1.165) is 22.2 Å². The van der Waals surface area contributed by atoms with Crippen LogP contribution in [0.5, 0.6) is 11.5 Å². The van der Waals surface area contributed by atoms with Gasteiger partial charge in [0.15, 0.2) is 5.65 Å². The van der Waals surface area contributed by atoms with Crippen LogP contribution < -0.4 is 14.8 Å². The number of methoxy groups -OCH3 is 2. The number of pyridine rings is 1. The van der Waals surface area contributed by atoms with E-state index < -0.39 is 6.10 Å². The Morgan fingerprint density at radius 3 is 2.44 bits per heavy atom. The minimum atomic E-state index is -0.664. The van der Waals surface area contributed by atoms with E-state index in [4.69, 9.17) is 9.47 Å². The number of ether oxygens (including phenoxy) is 2. The number of aliphatic hydroxyl groups is 1. The van der Waals surface area contributed by atoms with E-state index >= 15 is 0 Å². The van der Waals surface area contributed by atoms with E-state index in [1.165, 1.54) is 14.2 Å². The van der Waals surface area contributed by atoms with Crippen LogP contribution in [0.15, 0.2) is 48.5 Å². The summed E-state index contributed by atoms with van der Waals surface area (Å²) >= 11 is 0. The van der Waals surface area contributed by atoms with Crippen LogP contribution in [-0.4, -0.2) is 40.4 Å². The minimum absolute atomic E-state index is 0.283. The second-order valence-electron chi connectivity index (χ2n) is 7.47. The highest BCUT2D eigenvalue weighted by Gasteiger charge is 2.15. The molecule has 0 saturated heterocycles. The average Bonchev–Trinajstić information content (AvgIpc) is 3.23. The van der Waals surface area contributed by atoms with Gasteiger partial charge in [-0.25, -0.2) is 4.98 Å². The second kappa shape index (κ2) is 8.68. The topological polar surface area (TPSA) is 109 Å². The largest absolute Gasteiger partial charge is 0.497 e. The Labute approximate surface area is 185 Å². The number of aromatic nitrogens is 3. The highest BCUT2D eigenvalue weighted by atomic mass is 16.5. The molecular weight excluding hydrogens is 408 g/mol. The van der Waals surface area contributed by atoms with Gasteiger partial charge in [0.05, 0.1) is 31.7 Å². The van der Waals surface area contributed by atoms with E-state index in [0.29, 0.717) is 34.1 Å². The van der Waals surface area contributed by atoms with Crippen LogP contribution in [0.1, 0.15) is 34.6 Å². The van der Waals surface area contributed by atoms with Crippen LogP contribution in [0, 0.1) is 6.92 Å². The van der Waals surface area contributed by atoms with E-state index in [1.807, 2.05) is 37.3 Å². The third-order valence-corrected chi connectivity index (χ3v) is 5.25. The number of hydrogen-bond acceptors (Lipinski definition) is 6. The van der Waals surface area contributed by atoms with Crippen molar-refractivity contribution in [1.29, 1.82) is 0 Å². The molecule has 0 spiro atoms. The van der Waals surface area contributed by atoms with Crippen LogP contribution >= 0.6 is 0 Å². The molecule has 2 aromatic heterocycles. The fraction of sp³-hybridized carbons (Fsp3) is 0.208. The minimum Gasteiger partial charge on any atom is -0.497 e. The summed E-state index contributed by atoms with van der Waals surface area (Å²) in [5, 5.41) is 20.6. The predicted molar refractivity (Wildman–Crippen MR) is 122 cm³/mol. The molecule has 0 saturated carbocycles. The number of aliphatic hydroxyl groups excluding tert-OH is 1. The summed E-state index contributed by atoms with van der Waals surface area (Å²) in [6.45, 7) is 3.65. The predicted octanol–water partition coefficient (Wildman–Crippen LogP) is 4.26. The number of aryl methyl sites for hydroxylation is 1. The van der Waals surface area contributed by atoms with E-state index in [2.05, 4.69) is 20.5 Å². The molecule has 3 N–H and O–H groups in total. The monoisotopic (exact) mass is 432 g/mol. The highest BCUT2D eigenvalue weighted by molar-refractivity contribution is 6.05. The fourth-order valence-electron chi connectivity index (χ4n) is 3.50. The normalized spacial score (nSPS) is 11.9. The number of aromatic amines is 1. The first-order valence-electron chi connectivity index (χ1n) is 10.1. The molecule has 32 heavy (non-hydrogen) atoms. The van der Waals surface area contributed by atoms with E-state index in [-0.39, 0.29) is 5.91 Å². The quantitative estimate of drug-likeness (QED) is 0.420. The Bertz CT molecular complexity index is 1270. The molecule has 0 unspecified atom stereocenters. The van der Waals surface area contributed by atoms with Crippen LogP contribution in [0.25, 0.3) is 22.3 Å². The van der Waals surface area contributed by atoms with Crippen molar-refractivity contribution < 1.29 is 19.4 Å². The average molecular weight is 432 g/mol. The van der Waals surface area contributed by atoms with Crippen LogP contribution in [0.3, 0.4) is 0 Å². The molecule has 0 bridgehead atoms. The first kappa shape index (κ1) is 21.3. The standard InChI is InChI=1S/C24H24N4O4/c1-13-5-6-16(25-24(30)15-9-17(31-3)12-18(10-15)32-4)11-20(13)21-8-7-19-22(14(2)29)27-28-23(19)26-21/h5-12,14,29H,1-4H3,(H,25,30)(H,26,27,28)/t14-/m0/s1. The zero-order valence-electron chi connectivity index (χ0n) is 18.3. The van der Waals surface area contributed by atoms with Gasteiger partial charge < -0.3 is 19.9 Å². The molecule has 8 nitrogen and oxygen atoms in total. The molecule has 1 amide bonds. The Morgan fingerprint density at radius 2 is 1.78 bits per heavy atom. The number of nitrogens with zero attached hydrogens (tertiary/aromatic N) is 2. The molecule has 4 rings (SSSR count). The lowest BCUT2D eigenvalue weighted by atomic mass is 10.0. The summed E-state index contributed by atoms with van der Waals surface area (Å²) in [5.74, 6) is 0.786. The first-order valence-corrected chi connectivity index (χ1v) is 10.1. The lowest BCUT2D eigenvalue weighted by Crippen LogP contribution is -2.12. The Morgan fingerprint density at radius 1 is 1.06 bits per heavy atom. The summed E-state index contributed by atoms with van der Waals surface area (Å²) in [5.41, 5.74) is 4.80. The van der Waals surface area contributed by atoms with Gasteiger partial charge in [0.25, 0.3) is 5.91 Å². The summed E-state index contributed by atoms with van der Waals surface area (Å²) in [6.07, 6.45) is -0.664. The van der Waals surface area contributed by atoms with E-state index in [9.17, 15) is 9.90 Å². The van der Waals surface area contributed by atoms with Gasteiger partial charge in [-0.15, -0.1) is 0 Å². The maximum atomic E-state index is 12.8. The van der Waals surface area contributed by atoms with Gasteiger partial charge >= 0.3 is 0 Å². The number of carbonyl (C=O) groups is 1. The Balaban J connectivity index is 1.65. The third-order valence-electron chi connectivity index (χ3n) is 5.25. The van der Waals surface area contributed by atoms with Crippen molar-refractivity contribution in [3.8, 4) is 22.8 Å². The van der Waals surface area contributed by atoms with Crippen LogP contribution in [0.4, 0.5) is 5.69 Å². The zero-order chi connectivity index (χ0) is 22.8. The second-order valence-corrected chi connectivity index (χ2v) is 7.47. The number of amides is 1. The Kier molecular flexibility index (Phi) is 5.79. The molecule has 8 heteroatoms. The first-order chi connectivity index (χ1) is 15.4. The highest BCUT2D eigenvalue weighted by Crippen LogP contribution is 2.29. The molecule has 2 aromatic carbocycles. The lowest BCUT2D eigenvalue weighted by Gasteiger charge is -2.12. The van der Waals surface area contributed by atoms with Gasteiger partial charge in [-0.3, -0.25) is 9.89 Å². The zero-order valence-corrected chi connectivity index (χ0v) is 18.3. The molecule has 0 aliphatic carbocycles. The fourth-order valence-corrected chi connectivity index (χ4v) is 3.50. The maximum Gasteiger partial charge on any atom is 0.255 e. The Hall–Kier alpha value is -3.91. The molecule has 4 aromatic rings. The number of H-pyrrole nitrogens is 1. The molecule has 164 valence electrons. The number of anilines is 1. The number of fused-ring (bicyclic) bond motifs is 1. The van der Waals surface area contributed by atoms with Crippen LogP contribution in [-0.2, 0) is 0 Å². The van der Waals surface area contributed by atoms with Gasteiger partial charge in [-0.05, 0) is 55.8 Å². The van der Waals surface area contributed by atoms with Crippen molar-refractivity contribution >= 4 is 22.6 Å². The SMILES string of the molecule is COc1cc(OC)cc(C(=O)Nc2ccc(C)c(-c3ccc4c([C@H](C)O)[nH]nc4n3)c2)c1. The van der Waals surface area contributed by atoms with Crippen molar-refractivity contribution in [2.24, 2.45) is 0 Å². The molecule has 0 aliphatic heterocycles. The summed E-state index contributed by atoms with van der Waals surface area (Å²) in [4.78, 5) is 17.5. The van der Waals surface area contributed by atoms with Crippen molar-refractivity contribution in [3.05, 3.63) is 65.4 Å². The number of benzene rings is 2. The van der Waals surface area contributed by atoms with Gasteiger partial charge in [0, 0.05) is 28.3 Å². The number of hydrogen-bond donors (Lipinski definition) is 3. The third kappa shape index (κ3) is 4.13. The van der Waals surface area contributed by atoms with Gasteiger partial charge in [0.1, 0.15) is 11.5 Å². The van der Waals surface area contributed by atoms with Crippen molar-refractivity contribution in [1.82, 2.24) is 15.2 Å².